The van der Waals surface area contributed by atoms with Gasteiger partial charge in [0, 0.05) is 30.8 Å². The maximum atomic E-state index is 12.1. The second kappa shape index (κ2) is 6.14. The summed E-state index contributed by atoms with van der Waals surface area (Å²) in [4.78, 5) is 13.7. The van der Waals surface area contributed by atoms with Crippen LogP contribution < -0.4 is 0 Å². The predicted octanol–water partition coefficient (Wildman–Crippen LogP) is 1.92. The van der Waals surface area contributed by atoms with E-state index < -0.39 is 15.1 Å². The van der Waals surface area contributed by atoms with Crippen LogP contribution >= 0.6 is 11.6 Å². The third kappa shape index (κ3) is 3.96. The first kappa shape index (κ1) is 15.3. The molecule has 110 valence electrons. The number of carbonyl (C=O) groups is 1. The molecule has 1 aromatic carbocycles. The van der Waals surface area contributed by atoms with Crippen molar-refractivity contribution in [3.05, 3.63) is 34.9 Å². The molecule has 1 unspecified atom stereocenters. The molecule has 1 fully saturated rings. The summed E-state index contributed by atoms with van der Waals surface area (Å²) in [6.07, 6.45) is 2.79. The molecule has 0 aliphatic carbocycles. The van der Waals surface area contributed by atoms with Gasteiger partial charge in [0.25, 0.3) is 0 Å². The van der Waals surface area contributed by atoms with E-state index in [1.165, 1.54) is 6.26 Å². The number of halogens is 1. The summed E-state index contributed by atoms with van der Waals surface area (Å²) >= 11 is 5.89. The number of rotatable bonds is 4. The molecular weight excluding hydrogens is 298 g/mol. The number of aryl methyl sites for hydroxylation is 1. The summed E-state index contributed by atoms with van der Waals surface area (Å²) in [7, 11) is -3.05. The van der Waals surface area contributed by atoms with Gasteiger partial charge in [-0.2, -0.15) is 0 Å². The molecular formula is C14H18ClNO3S. The summed E-state index contributed by atoms with van der Waals surface area (Å²) in [6, 6.07) is 7.43. The second-order valence-electron chi connectivity index (χ2n) is 5.21. The van der Waals surface area contributed by atoms with E-state index in [1.54, 1.807) is 11.0 Å². The van der Waals surface area contributed by atoms with Gasteiger partial charge in [-0.1, -0.05) is 23.7 Å². The lowest BCUT2D eigenvalue weighted by Crippen LogP contribution is -2.31. The van der Waals surface area contributed by atoms with Crippen LogP contribution in [-0.2, 0) is 21.1 Å². The molecule has 1 heterocycles. The van der Waals surface area contributed by atoms with Gasteiger partial charge in [-0.3, -0.25) is 4.79 Å². The van der Waals surface area contributed by atoms with Crippen molar-refractivity contribution in [2.24, 2.45) is 0 Å². The van der Waals surface area contributed by atoms with Gasteiger partial charge in [-0.15, -0.1) is 0 Å². The Morgan fingerprint density at radius 3 is 2.80 bits per heavy atom. The Bertz CT molecular complexity index is 600. The zero-order valence-electron chi connectivity index (χ0n) is 11.4. The number of benzene rings is 1. The molecule has 0 bridgehead atoms. The molecule has 0 saturated carbocycles. The topological polar surface area (TPSA) is 54.5 Å². The molecule has 1 aromatic rings. The van der Waals surface area contributed by atoms with Gasteiger partial charge in [0.1, 0.15) is 0 Å². The average Bonchev–Trinajstić information content (AvgIpc) is 2.85. The molecule has 1 aliphatic heterocycles. The van der Waals surface area contributed by atoms with Crippen molar-refractivity contribution in [2.75, 3.05) is 19.3 Å². The van der Waals surface area contributed by atoms with E-state index in [1.807, 2.05) is 18.2 Å². The third-order valence-corrected chi connectivity index (χ3v) is 5.45. The van der Waals surface area contributed by atoms with Crippen molar-refractivity contribution in [3.8, 4) is 0 Å². The first-order valence-electron chi connectivity index (χ1n) is 6.57. The van der Waals surface area contributed by atoms with E-state index in [0.29, 0.717) is 37.4 Å². The zero-order chi connectivity index (χ0) is 14.8. The lowest BCUT2D eigenvalue weighted by molar-refractivity contribution is -0.130. The van der Waals surface area contributed by atoms with Gasteiger partial charge in [-0.05, 0) is 30.5 Å². The van der Waals surface area contributed by atoms with Crippen LogP contribution in [0.5, 0.6) is 0 Å². The van der Waals surface area contributed by atoms with Gasteiger partial charge < -0.3 is 4.90 Å². The maximum absolute atomic E-state index is 12.1. The van der Waals surface area contributed by atoms with E-state index in [2.05, 4.69) is 0 Å². The van der Waals surface area contributed by atoms with E-state index >= 15 is 0 Å². The van der Waals surface area contributed by atoms with E-state index in [4.69, 9.17) is 11.6 Å². The number of likely N-dealkylation sites (tertiary alicyclic amines) is 1. The minimum Gasteiger partial charge on any atom is -0.341 e. The summed E-state index contributed by atoms with van der Waals surface area (Å²) < 4.78 is 22.9. The van der Waals surface area contributed by atoms with E-state index in [-0.39, 0.29) is 5.91 Å². The highest BCUT2D eigenvalue weighted by molar-refractivity contribution is 7.91. The lowest BCUT2D eigenvalue weighted by atomic mass is 10.1. The highest BCUT2D eigenvalue weighted by Gasteiger charge is 2.32. The molecule has 4 nitrogen and oxygen atoms in total. The Kier molecular flexibility index (Phi) is 4.70. The average molecular weight is 316 g/mol. The monoisotopic (exact) mass is 315 g/mol. The van der Waals surface area contributed by atoms with Crippen LogP contribution in [0.3, 0.4) is 0 Å². The highest BCUT2D eigenvalue weighted by Crippen LogP contribution is 2.18. The van der Waals surface area contributed by atoms with Crippen LogP contribution in [0.1, 0.15) is 18.4 Å². The predicted molar refractivity (Wildman–Crippen MR) is 79.6 cm³/mol. The molecule has 0 aromatic heterocycles. The van der Waals surface area contributed by atoms with Crippen molar-refractivity contribution in [1.29, 1.82) is 0 Å². The fraction of sp³-hybridized carbons (Fsp3) is 0.500. The van der Waals surface area contributed by atoms with E-state index in [9.17, 15) is 13.2 Å². The first-order chi connectivity index (χ1) is 9.36. The maximum Gasteiger partial charge on any atom is 0.222 e. The van der Waals surface area contributed by atoms with Crippen LogP contribution in [0.2, 0.25) is 5.02 Å². The van der Waals surface area contributed by atoms with Gasteiger partial charge >= 0.3 is 0 Å². The van der Waals surface area contributed by atoms with Gasteiger partial charge in [-0.25, -0.2) is 8.42 Å². The minimum absolute atomic E-state index is 0.0103. The molecule has 0 spiro atoms. The Balaban J connectivity index is 1.87. The smallest absolute Gasteiger partial charge is 0.222 e. The molecule has 1 atom stereocenters. The molecule has 1 saturated heterocycles. The third-order valence-electron chi connectivity index (χ3n) is 3.62. The molecule has 0 radical (unpaired) electrons. The van der Waals surface area contributed by atoms with Crippen LogP contribution in [0.4, 0.5) is 0 Å². The fourth-order valence-corrected chi connectivity index (χ4v) is 3.60. The van der Waals surface area contributed by atoms with Crippen LogP contribution in [0, 0.1) is 0 Å². The van der Waals surface area contributed by atoms with Crippen LogP contribution in [0.15, 0.2) is 24.3 Å². The van der Waals surface area contributed by atoms with Crippen molar-refractivity contribution in [2.45, 2.75) is 24.5 Å². The van der Waals surface area contributed by atoms with Crippen molar-refractivity contribution < 1.29 is 13.2 Å². The van der Waals surface area contributed by atoms with Crippen LogP contribution in [-0.4, -0.2) is 43.8 Å². The number of carbonyl (C=O) groups excluding carboxylic acids is 1. The van der Waals surface area contributed by atoms with Crippen molar-refractivity contribution in [1.82, 2.24) is 4.90 Å². The Morgan fingerprint density at radius 2 is 2.20 bits per heavy atom. The number of hydrogen-bond acceptors (Lipinski definition) is 3. The SMILES string of the molecule is CS(=O)(=O)C1CCN(C(=O)CCc2cccc(Cl)c2)C1. The molecule has 1 aliphatic rings. The number of sulfone groups is 1. The normalized spacial score (nSPS) is 19.3. The highest BCUT2D eigenvalue weighted by atomic mass is 35.5. The fourth-order valence-electron chi connectivity index (χ4n) is 2.41. The van der Waals surface area contributed by atoms with Crippen molar-refractivity contribution >= 4 is 27.3 Å². The largest absolute Gasteiger partial charge is 0.341 e. The van der Waals surface area contributed by atoms with Crippen molar-refractivity contribution in [3.63, 3.8) is 0 Å². The molecule has 6 heteroatoms. The molecule has 1 amide bonds. The molecule has 2 rings (SSSR count). The van der Waals surface area contributed by atoms with E-state index in [0.717, 1.165) is 5.56 Å². The van der Waals surface area contributed by atoms with Crippen LogP contribution in [0.25, 0.3) is 0 Å². The summed E-state index contributed by atoms with van der Waals surface area (Å²) in [5.41, 5.74) is 1.02. The zero-order valence-corrected chi connectivity index (χ0v) is 13.0. The Labute approximate surface area is 124 Å². The summed E-state index contributed by atoms with van der Waals surface area (Å²) in [6.45, 7) is 0.860. The van der Waals surface area contributed by atoms with Gasteiger partial charge in [0.15, 0.2) is 9.84 Å². The van der Waals surface area contributed by atoms with Gasteiger partial charge in [0.05, 0.1) is 5.25 Å². The van der Waals surface area contributed by atoms with Gasteiger partial charge in [0.2, 0.25) is 5.91 Å². The summed E-state index contributed by atoms with van der Waals surface area (Å²) in [5.74, 6) is 0.0103. The lowest BCUT2D eigenvalue weighted by Gasteiger charge is -2.16. The Morgan fingerprint density at radius 1 is 1.45 bits per heavy atom. The second-order valence-corrected chi connectivity index (χ2v) is 7.97. The molecule has 20 heavy (non-hydrogen) atoms. The minimum atomic E-state index is -3.05. The quantitative estimate of drug-likeness (QED) is 0.853. The number of hydrogen-bond donors (Lipinski definition) is 0. The standard InChI is InChI=1S/C14H18ClNO3S/c1-20(18,19)13-7-8-16(10-13)14(17)6-5-11-3-2-4-12(15)9-11/h2-4,9,13H,5-8,10H2,1H3. The number of amides is 1. The number of nitrogens with zero attached hydrogens (tertiary/aromatic N) is 1. The Hall–Kier alpha value is -1.07. The summed E-state index contributed by atoms with van der Waals surface area (Å²) in [5, 5.41) is 0.255. The first-order valence-corrected chi connectivity index (χ1v) is 8.90. The molecule has 0 N–H and O–H groups in total.